The van der Waals surface area contributed by atoms with Crippen molar-refractivity contribution >= 4 is 34.8 Å². The third-order valence-corrected chi connectivity index (χ3v) is 5.59. The van der Waals surface area contributed by atoms with E-state index >= 15 is 0 Å². The number of carbonyl (C=O) groups excluding carboxylic acids is 2. The number of anilines is 1. The number of fused-ring (bicyclic) bond motifs is 1. The van der Waals surface area contributed by atoms with Crippen LogP contribution in [0.25, 0.3) is 5.65 Å². The molecule has 1 N–H and O–H groups in total. The van der Waals surface area contributed by atoms with Gasteiger partial charge in [0.15, 0.2) is 16.6 Å². The summed E-state index contributed by atoms with van der Waals surface area (Å²) < 4.78 is 1.85. The summed E-state index contributed by atoms with van der Waals surface area (Å²) >= 11 is 1.33. The van der Waals surface area contributed by atoms with Gasteiger partial charge in [0.05, 0.1) is 0 Å². The predicted octanol–water partition coefficient (Wildman–Crippen LogP) is 4.40. The van der Waals surface area contributed by atoms with Gasteiger partial charge in [-0.15, -0.1) is 10.2 Å². The molecule has 6 nitrogen and oxygen atoms in total. The van der Waals surface area contributed by atoms with E-state index in [2.05, 4.69) is 15.5 Å². The number of amides is 1. The van der Waals surface area contributed by atoms with Gasteiger partial charge in [0.1, 0.15) is 5.25 Å². The summed E-state index contributed by atoms with van der Waals surface area (Å²) in [4.78, 5) is 24.8. The number of ketones is 1. The number of nitrogens with one attached hydrogen (secondary N) is 1. The molecule has 0 spiro atoms. The minimum atomic E-state index is -0.537. The van der Waals surface area contributed by atoms with E-state index in [0.29, 0.717) is 16.4 Å². The Balaban J connectivity index is 1.65. The lowest BCUT2D eigenvalue weighted by Gasteiger charge is -2.16. The molecule has 0 saturated carbocycles. The lowest BCUT2D eigenvalue weighted by Crippen LogP contribution is -2.19. The molecular weight excluding hydrogens is 384 g/mol. The number of rotatable bonds is 6. The van der Waals surface area contributed by atoms with Gasteiger partial charge in [0, 0.05) is 17.4 Å². The average molecular weight is 402 g/mol. The number of Topliss-reactive ketones (excluding diaryl/α,β-unsaturated/α-hetero) is 1. The zero-order valence-electron chi connectivity index (χ0n) is 15.6. The summed E-state index contributed by atoms with van der Waals surface area (Å²) in [5.41, 5.74) is 2.70. The molecule has 0 fully saturated rings. The number of nitrogens with zero attached hydrogens (tertiary/aromatic N) is 3. The van der Waals surface area contributed by atoms with Crippen LogP contribution in [-0.2, 0) is 4.79 Å². The minimum Gasteiger partial charge on any atom is -0.325 e. The number of aromatic nitrogens is 3. The zero-order chi connectivity index (χ0) is 20.2. The van der Waals surface area contributed by atoms with Crippen molar-refractivity contribution in [3.8, 4) is 0 Å². The first kappa shape index (κ1) is 18.9. The zero-order valence-corrected chi connectivity index (χ0v) is 16.5. The molecule has 1 unspecified atom stereocenters. The van der Waals surface area contributed by atoms with Crippen LogP contribution in [0.3, 0.4) is 0 Å². The van der Waals surface area contributed by atoms with Crippen LogP contribution in [0.5, 0.6) is 0 Å². The summed E-state index contributed by atoms with van der Waals surface area (Å²) in [6.07, 6.45) is 1.87. The van der Waals surface area contributed by atoms with Gasteiger partial charge in [0.25, 0.3) is 0 Å². The molecule has 4 aromatic rings. The highest BCUT2D eigenvalue weighted by molar-refractivity contribution is 8.00. The lowest BCUT2D eigenvalue weighted by molar-refractivity contribution is -0.115. The fourth-order valence-corrected chi connectivity index (χ4v) is 3.96. The van der Waals surface area contributed by atoms with Gasteiger partial charge in [-0.3, -0.25) is 14.0 Å². The number of hydrogen-bond donors (Lipinski definition) is 1. The molecule has 0 bridgehead atoms. The molecule has 29 heavy (non-hydrogen) atoms. The maximum absolute atomic E-state index is 13.2. The SMILES string of the molecule is CC(=O)c1cccc(NC(=O)C(Sc2nnc3ccccn23)c2ccccc2)c1. The molecule has 0 radical (unpaired) electrons. The molecule has 144 valence electrons. The maximum Gasteiger partial charge on any atom is 0.242 e. The fraction of sp³-hybridized carbons (Fsp3) is 0.0909. The van der Waals surface area contributed by atoms with E-state index in [1.54, 1.807) is 24.3 Å². The summed E-state index contributed by atoms with van der Waals surface area (Å²) in [7, 11) is 0. The monoisotopic (exact) mass is 402 g/mol. The first-order valence-corrected chi connectivity index (χ1v) is 9.93. The van der Waals surface area contributed by atoms with E-state index < -0.39 is 5.25 Å². The van der Waals surface area contributed by atoms with E-state index in [9.17, 15) is 9.59 Å². The highest BCUT2D eigenvalue weighted by atomic mass is 32.2. The van der Waals surface area contributed by atoms with Gasteiger partial charge < -0.3 is 5.32 Å². The van der Waals surface area contributed by atoms with Gasteiger partial charge in [-0.2, -0.15) is 0 Å². The molecule has 4 rings (SSSR count). The quantitative estimate of drug-likeness (QED) is 0.382. The number of carbonyl (C=O) groups is 2. The molecule has 0 aliphatic heterocycles. The highest BCUT2D eigenvalue weighted by Crippen LogP contribution is 2.35. The Hall–Kier alpha value is -3.45. The number of benzene rings is 2. The van der Waals surface area contributed by atoms with Crippen molar-refractivity contribution in [1.82, 2.24) is 14.6 Å². The predicted molar refractivity (Wildman–Crippen MR) is 113 cm³/mol. The Kier molecular flexibility index (Phi) is 5.39. The molecule has 2 aromatic heterocycles. The molecule has 0 saturated heterocycles. The van der Waals surface area contributed by atoms with Crippen LogP contribution in [0.2, 0.25) is 0 Å². The Morgan fingerprint density at radius 1 is 0.966 bits per heavy atom. The van der Waals surface area contributed by atoms with Gasteiger partial charge in [-0.1, -0.05) is 60.3 Å². The second-order valence-electron chi connectivity index (χ2n) is 6.45. The lowest BCUT2D eigenvalue weighted by atomic mass is 10.1. The third-order valence-electron chi connectivity index (χ3n) is 4.38. The van der Waals surface area contributed by atoms with Crippen molar-refractivity contribution in [2.24, 2.45) is 0 Å². The molecular formula is C22H18N4O2S. The fourth-order valence-electron chi connectivity index (χ4n) is 2.93. The first-order chi connectivity index (χ1) is 14.1. The normalized spacial score (nSPS) is 11.9. The molecule has 1 atom stereocenters. The van der Waals surface area contributed by atoms with Crippen LogP contribution in [0.15, 0.2) is 84.1 Å². The van der Waals surface area contributed by atoms with Crippen LogP contribution >= 0.6 is 11.8 Å². The van der Waals surface area contributed by atoms with Gasteiger partial charge >= 0.3 is 0 Å². The van der Waals surface area contributed by atoms with E-state index in [1.165, 1.54) is 18.7 Å². The van der Waals surface area contributed by atoms with E-state index in [-0.39, 0.29) is 11.7 Å². The molecule has 2 aromatic carbocycles. The Bertz CT molecular complexity index is 1170. The third kappa shape index (κ3) is 4.20. The van der Waals surface area contributed by atoms with E-state index in [1.807, 2.05) is 59.1 Å². The number of hydrogen-bond acceptors (Lipinski definition) is 5. The van der Waals surface area contributed by atoms with Crippen molar-refractivity contribution < 1.29 is 9.59 Å². The van der Waals surface area contributed by atoms with Crippen molar-refractivity contribution in [3.63, 3.8) is 0 Å². The highest BCUT2D eigenvalue weighted by Gasteiger charge is 2.24. The Morgan fingerprint density at radius 2 is 1.76 bits per heavy atom. The van der Waals surface area contributed by atoms with Gasteiger partial charge in [-0.25, -0.2) is 0 Å². The maximum atomic E-state index is 13.2. The number of pyridine rings is 1. The van der Waals surface area contributed by atoms with Crippen LogP contribution < -0.4 is 5.32 Å². The van der Waals surface area contributed by atoms with Crippen molar-refractivity contribution in [3.05, 3.63) is 90.1 Å². The summed E-state index contributed by atoms with van der Waals surface area (Å²) in [6, 6.07) is 22.1. The van der Waals surface area contributed by atoms with Crippen LogP contribution in [0.1, 0.15) is 28.1 Å². The number of thioether (sulfide) groups is 1. The van der Waals surface area contributed by atoms with Crippen molar-refractivity contribution in [2.45, 2.75) is 17.3 Å². The van der Waals surface area contributed by atoms with Crippen molar-refractivity contribution in [2.75, 3.05) is 5.32 Å². The van der Waals surface area contributed by atoms with E-state index in [0.717, 1.165) is 11.2 Å². The van der Waals surface area contributed by atoms with Gasteiger partial charge in [0.2, 0.25) is 5.91 Å². The van der Waals surface area contributed by atoms with Crippen LogP contribution in [-0.4, -0.2) is 26.3 Å². The molecule has 1 amide bonds. The molecule has 0 aliphatic rings. The average Bonchev–Trinajstić information content (AvgIpc) is 3.15. The first-order valence-electron chi connectivity index (χ1n) is 9.05. The minimum absolute atomic E-state index is 0.0509. The molecule has 0 aliphatic carbocycles. The Morgan fingerprint density at radius 3 is 2.55 bits per heavy atom. The van der Waals surface area contributed by atoms with Gasteiger partial charge in [-0.05, 0) is 36.8 Å². The standard InChI is InChI=1S/C22H18N4O2S/c1-15(27)17-10-7-11-18(14-17)23-21(28)20(16-8-3-2-4-9-16)29-22-25-24-19-12-5-6-13-26(19)22/h2-14,20H,1H3,(H,23,28). The smallest absolute Gasteiger partial charge is 0.242 e. The second kappa shape index (κ2) is 8.28. The molecule has 7 heteroatoms. The Labute approximate surface area is 172 Å². The topological polar surface area (TPSA) is 76.4 Å². The van der Waals surface area contributed by atoms with Crippen molar-refractivity contribution in [1.29, 1.82) is 0 Å². The summed E-state index contributed by atoms with van der Waals surface area (Å²) in [5, 5.41) is 11.4. The molecule has 2 heterocycles. The van der Waals surface area contributed by atoms with Crippen LogP contribution in [0, 0.1) is 0 Å². The van der Waals surface area contributed by atoms with Crippen LogP contribution in [0.4, 0.5) is 5.69 Å². The summed E-state index contributed by atoms with van der Waals surface area (Å²) in [6.45, 7) is 1.50. The van der Waals surface area contributed by atoms with E-state index in [4.69, 9.17) is 0 Å². The second-order valence-corrected chi connectivity index (χ2v) is 7.52. The largest absolute Gasteiger partial charge is 0.325 e. The summed E-state index contributed by atoms with van der Waals surface area (Å²) in [5.74, 6) is -0.250.